The molecule has 0 fully saturated rings. The minimum atomic E-state index is 0. The first-order valence-corrected chi connectivity index (χ1v) is 3.16. The van der Waals surface area contributed by atoms with E-state index in [4.69, 9.17) is 0 Å². The van der Waals surface area contributed by atoms with Gasteiger partial charge in [0.25, 0.3) is 0 Å². The van der Waals surface area contributed by atoms with Gasteiger partial charge in [-0.25, -0.2) is 0 Å². The number of aryl methyl sites for hydroxylation is 2. The van der Waals surface area contributed by atoms with Gasteiger partial charge in [0.15, 0.2) is 0 Å². The molecule has 10 heavy (non-hydrogen) atoms. The van der Waals surface area contributed by atoms with Crippen LogP contribution in [-0.4, -0.2) is 0 Å². The number of hydrogen-bond donors (Lipinski definition) is 0. The van der Waals surface area contributed by atoms with E-state index in [0.717, 1.165) is 0 Å². The zero-order chi connectivity index (χ0) is 6.85. The average Bonchev–Trinajstić information content (AvgIpc) is 1.83. The molecular weight excluding hydrogens is 159 g/mol. The zero-order valence-corrected chi connectivity index (χ0v) is 8.00. The molecule has 1 radical (unpaired) electrons. The Kier molecular flexibility index (Phi) is 3.77. The van der Waals surface area contributed by atoms with Crippen LogP contribution in [0.4, 0.5) is 0 Å². The molecule has 0 atom stereocenters. The molecule has 0 heterocycles. The van der Waals surface area contributed by atoms with Gasteiger partial charge < -0.3 is 0 Å². The van der Waals surface area contributed by atoms with Gasteiger partial charge in [0.1, 0.15) is 0 Å². The normalized spacial score (nSPS) is 8.70. The molecule has 0 aromatic heterocycles. The Labute approximate surface area is 74.5 Å². The van der Waals surface area contributed by atoms with Crippen molar-refractivity contribution < 1.29 is 18.6 Å². The molecule has 1 aromatic rings. The maximum absolute atomic E-state index is 3.14. The summed E-state index contributed by atoms with van der Waals surface area (Å²) < 4.78 is 0. The molecule has 1 heteroatoms. The van der Waals surface area contributed by atoms with E-state index >= 15 is 0 Å². The molecule has 0 aliphatic carbocycles. The van der Waals surface area contributed by atoms with Crippen LogP contribution in [0.3, 0.4) is 0 Å². The molecule has 0 aliphatic heterocycles. The van der Waals surface area contributed by atoms with Crippen molar-refractivity contribution >= 4 is 0 Å². The van der Waals surface area contributed by atoms with Crippen molar-refractivity contribution in [1.29, 1.82) is 0 Å². The van der Waals surface area contributed by atoms with Gasteiger partial charge in [-0.2, -0.15) is 34.9 Å². The Morgan fingerprint density at radius 1 is 1.20 bits per heavy atom. The van der Waals surface area contributed by atoms with Gasteiger partial charge in [0.05, 0.1) is 0 Å². The molecule has 0 spiro atoms. The number of benzene rings is 1. The molecule has 0 saturated heterocycles. The summed E-state index contributed by atoms with van der Waals surface area (Å²) in [5.41, 5.74) is 3.97. The molecular formula is C9H11V-. The molecule has 0 bridgehead atoms. The maximum Gasteiger partial charge on any atom is 0 e. The molecule has 1 aromatic carbocycles. The van der Waals surface area contributed by atoms with Crippen LogP contribution in [0.15, 0.2) is 12.1 Å². The van der Waals surface area contributed by atoms with Crippen LogP contribution in [0.2, 0.25) is 0 Å². The van der Waals surface area contributed by atoms with Crippen molar-refractivity contribution in [2.45, 2.75) is 20.8 Å². The minimum absolute atomic E-state index is 0. The van der Waals surface area contributed by atoms with E-state index in [2.05, 4.69) is 32.9 Å². The van der Waals surface area contributed by atoms with Crippen molar-refractivity contribution in [3.63, 3.8) is 0 Å². The van der Waals surface area contributed by atoms with E-state index in [0.29, 0.717) is 0 Å². The first-order chi connectivity index (χ1) is 4.22. The van der Waals surface area contributed by atoms with Crippen LogP contribution in [0.5, 0.6) is 0 Å². The molecule has 0 unspecified atom stereocenters. The van der Waals surface area contributed by atoms with Gasteiger partial charge in [-0.3, -0.25) is 0 Å². The molecule has 0 aliphatic rings. The van der Waals surface area contributed by atoms with Gasteiger partial charge in [0.2, 0.25) is 0 Å². The second kappa shape index (κ2) is 3.85. The zero-order valence-electron chi connectivity index (χ0n) is 6.60. The topological polar surface area (TPSA) is 0 Å². The molecule has 0 nitrogen and oxygen atoms in total. The molecule has 53 valence electrons. The van der Waals surface area contributed by atoms with Gasteiger partial charge in [-0.05, 0) is 0 Å². The molecule has 0 amide bonds. The Morgan fingerprint density at radius 2 is 1.80 bits per heavy atom. The second-order valence-corrected chi connectivity index (χ2v) is 2.41. The number of hydrogen-bond acceptors (Lipinski definition) is 0. The summed E-state index contributed by atoms with van der Waals surface area (Å²) in [4.78, 5) is 0. The van der Waals surface area contributed by atoms with E-state index in [1.54, 1.807) is 0 Å². The first kappa shape index (κ1) is 9.80. The third-order valence-corrected chi connectivity index (χ3v) is 1.79. The van der Waals surface area contributed by atoms with Gasteiger partial charge >= 0.3 is 0 Å². The monoisotopic (exact) mass is 170 g/mol. The summed E-state index contributed by atoms with van der Waals surface area (Å²) in [6, 6.07) is 7.20. The predicted molar refractivity (Wildman–Crippen MR) is 39.5 cm³/mol. The van der Waals surface area contributed by atoms with E-state index < -0.39 is 0 Å². The molecule has 1 rings (SSSR count). The van der Waals surface area contributed by atoms with E-state index in [9.17, 15) is 0 Å². The Hall–Kier alpha value is -0.196. The van der Waals surface area contributed by atoms with Crippen molar-refractivity contribution in [3.8, 4) is 0 Å². The van der Waals surface area contributed by atoms with E-state index in [-0.39, 0.29) is 18.6 Å². The van der Waals surface area contributed by atoms with E-state index in [1.165, 1.54) is 16.7 Å². The minimum Gasteiger partial charge on any atom is -0.180 e. The summed E-state index contributed by atoms with van der Waals surface area (Å²) in [6.07, 6.45) is 0. The van der Waals surface area contributed by atoms with Crippen LogP contribution in [0, 0.1) is 26.8 Å². The average molecular weight is 170 g/mol. The van der Waals surface area contributed by atoms with Crippen LogP contribution >= 0.6 is 0 Å². The SMILES string of the molecule is Cc1[c-]ccc(C)c1C.[V]. The van der Waals surface area contributed by atoms with Gasteiger partial charge in [-0.1, -0.05) is 20.8 Å². The fourth-order valence-electron chi connectivity index (χ4n) is 0.821. The van der Waals surface area contributed by atoms with Crippen molar-refractivity contribution in [3.05, 3.63) is 34.9 Å². The second-order valence-electron chi connectivity index (χ2n) is 2.41. The van der Waals surface area contributed by atoms with Crippen molar-refractivity contribution in [2.75, 3.05) is 0 Å². The summed E-state index contributed by atoms with van der Waals surface area (Å²) in [7, 11) is 0. The Balaban J connectivity index is 0.000000810. The van der Waals surface area contributed by atoms with E-state index in [1.807, 2.05) is 6.07 Å². The molecule has 0 saturated carbocycles. The Bertz CT molecular complexity index is 196. The largest absolute Gasteiger partial charge is 0.180 e. The van der Waals surface area contributed by atoms with Crippen molar-refractivity contribution in [1.82, 2.24) is 0 Å². The van der Waals surface area contributed by atoms with Crippen LogP contribution in [-0.2, 0) is 18.6 Å². The van der Waals surface area contributed by atoms with Gasteiger partial charge in [0, 0.05) is 18.6 Å². The van der Waals surface area contributed by atoms with Crippen molar-refractivity contribution in [2.24, 2.45) is 0 Å². The fraction of sp³-hybridized carbons (Fsp3) is 0.333. The summed E-state index contributed by atoms with van der Waals surface area (Å²) in [5.74, 6) is 0. The first-order valence-electron chi connectivity index (χ1n) is 3.16. The Morgan fingerprint density at radius 3 is 2.20 bits per heavy atom. The standard InChI is InChI=1S/C9H11.V/c1-7-5-4-6-8(2)9(7)3;/h4-5H,1-3H3;/q-1;. The van der Waals surface area contributed by atoms with Crippen LogP contribution in [0.25, 0.3) is 0 Å². The summed E-state index contributed by atoms with van der Waals surface area (Å²) >= 11 is 0. The fourth-order valence-corrected chi connectivity index (χ4v) is 0.821. The smallest absolute Gasteiger partial charge is 0 e. The van der Waals surface area contributed by atoms with Crippen LogP contribution in [0.1, 0.15) is 16.7 Å². The third-order valence-electron chi connectivity index (χ3n) is 1.79. The summed E-state index contributed by atoms with van der Waals surface area (Å²) in [5, 5.41) is 0. The third kappa shape index (κ3) is 1.90. The predicted octanol–water partition coefficient (Wildman–Crippen LogP) is 2.41. The quantitative estimate of drug-likeness (QED) is 0.524. The van der Waals surface area contributed by atoms with Gasteiger partial charge in [-0.15, -0.1) is 0 Å². The maximum atomic E-state index is 3.14. The summed E-state index contributed by atoms with van der Waals surface area (Å²) in [6.45, 7) is 6.33. The number of rotatable bonds is 0. The van der Waals surface area contributed by atoms with Crippen LogP contribution < -0.4 is 0 Å². The molecule has 0 N–H and O–H groups in total.